The lowest BCUT2D eigenvalue weighted by molar-refractivity contribution is -0.129. The molecule has 0 aromatic rings. The van der Waals surface area contributed by atoms with Crippen LogP contribution in [0.15, 0.2) is 0 Å². The van der Waals surface area contributed by atoms with Crippen LogP contribution in [0.2, 0.25) is 0 Å². The minimum atomic E-state index is -0.832. The summed E-state index contributed by atoms with van der Waals surface area (Å²) in [6.07, 6.45) is 2.14. The lowest BCUT2D eigenvalue weighted by atomic mass is 9.83. The van der Waals surface area contributed by atoms with Crippen LogP contribution in [0, 0.1) is 16.7 Å². The number of carbonyl (C=O) groups is 1. The maximum atomic E-state index is 12.1. The van der Waals surface area contributed by atoms with E-state index >= 15 is 0 Å². The highest BCUT2D eigenvalue weighted by Gasteiger charge is 2.36. The van der Waals surface area contributed by atoms with Gasteiger partial charge in [-0.2, -0.15) is 5.26 Å². The van der Waals surface area contributed by atoms with Crippen LogP contribution < -0.4 is 5.32 Å². The van der Waals surface area contributed by atoms with E-state index in [-0.39, 0.29) is 11.9 Å². The van der Waals surface area contributed by atoms with Crippen molar-refractivity contribution >= 4 is 5.91 Å². The van der Waals surface area contributed by atoms with E-state index in [1.54, 1.807) is 0 Å². The molecule has 1 aliphatic rings. The summed E-state index contributed by atoms with van der Waals surface area (Å²) in [6.45, 7) is 5.70. The molecule has 1 amide bonds. The topological polar surface area (TPSA) is 56.1 Å². The highest BCUT2D eigenvalue weighted by Crippen LogP contribution is 2.26. The summed E-state index contributed by atoms with van der Waals surface area (Å²) in [5, 5.41) is 12.2. The fraction of sp³-hybridized carbons (Fsp3) is 0.833. The first-order chi connectivity index (χ1) is 7.57. The second kappa shape index (κ2) is 5.31. The molecule has 1 fully saturated rings. The van der Waals surface area contributed by atoms with Crippen molar-refractivity contribution in [2.24, 2.45) is 5.41 Å². The number of nitrogens with zero attached hydrogens (tertiary/aromatic N) is 2. The molecule has 0 bridgehead atoms. The van der Waals surface area contributed by atoms with Crippen molar-refractivity contribution in [1.82, 2.24) is 10.2 Å². The summed E-state index contributed by atoms with van der Waals surface area (Å²) in [6, 6.07) is 2.39. The van der Waals surface area contributed by atoms with Gasteiger partial charge in [0.15, 0.2) is 0 Å². The van der Waals surface area contributed by atoms with Crippen LogP contribution in [0.25, 0.3) is 0 Å². The van der Waals surface area contributed by atoms with Gasteiger partial charge in [-0.15, -0.1) is 0 Å². The molecule has 1 atom stereocenters. The predicted octanol–water partition coefficient (Wildman–Crippen LogP) is 1.14. The Kier molecular flexibility index (Phi) is 4.31. The molecule has 90 valence electrons. The number of rotatable bonds is 4. The number of nitrogens with one attached hydrogen (secondary N) is 1. The van der Waals surface area contributed by atoms with Gasteiger partial charge in [0.2, 0.25) is 5.91 Å². The van der Waals surface area contributed by atoms with Crippen molar-refractivity contribution in [3.05, 3.63) is 0 Å². The number of hydrogen-bond acceptors (Lipinski definition) is 3. The van der Waals surface area contributed by atoms with E-state index < -0.39 is 5.41 Å². The molecule has 1 unspecified atom stereocenters. The van der Waals surface area contributed by atoms with E-state index in [9.17, 15) is 4.79 Å². The molecule has 0 saturated carbocycles. The van der Waals surface area contributed by atoms with Crippen LogP contribution in [0.1, 0.15) is 33.1 Å². The van der Waals surface area contributed by atoms with Gasteiger partial charge in [-0.25, -0.2) is 0 Å². The van der Waals surface area contributed by atoms with Crippen LogP contribution in [-0.2, 0) is 4.79 Å². The second-order valence-electron chi connectivity index (χ2n) is 4.62. The summed E-state index contributed by atoms with van der Waals surface area (Å²) >= 11 is 0. The SMILES string of the molecule is CCC(C#N)(CC)C(=O)NC1CCN(C)C1. The fourth-order valence-electron chi connectivity index (χ4n) is 2.16. The zero-order valence-corrected chi connectivity index (χ0v) is 10.4. The Labute approximate surface area is 97.6 Å². The van der Waals surface area contributed by atoms with E-state index in [1.165, 1.54) is 0 Å². The van der Waals surface area contributed by atoms with Crippen molar-refractivity contribution in [1.29, 1.82) is 5.26 Å². The molecule has 16 heavy (non-hydrogen) atoms. The molecule has 1 heterocycles. The summed E-state index contributed by atoms with van der Waals surface area (Å²) < 4.78 is 0. The number of nitriles is 1. The Morgan fingerprint density at radius 2 is 2.19 bits per heavy atom. The molecule has 0 aromatic carbocycles. The van der Waals surface area contributed by atoms with Crippen LogP contribution >= 0.6 is 0 Å². The van der Waals surface area contributed by atoms with Crippen LogP contribution in [0.5, 0.6) is 0 Å². The minimum absolute atomic E-state index is 0.0969. The Morgan fingerprint density at radius 1 is 1.56 bits per heavy atom. The lowest BCUT2D eigenvalue weighted by Gasteiger charge is -2.24. The molecule has 1 aliphatic heterocycles. The van der Waals surface area contributed by atoms with Gasteiger partial charge in [0, 0.05) is 12.6 Å². The third kappa shape index (κ3) is 2.53. The van der Waals surface area contributed by atoms with Gasteiger partial charge in [0.25, 0.3) is 0 Å². The van der Waals surface area contributed by atoms with Gasteiger partial charge in [-0.05, 0) is 32.9 Å². The number of carbonyl (C=O) groups excluding carboxylic acids is 1. The predicted molar refractivity (Wildman–Crippen MR) is 62.7 cm³/mol. The summed E-state index contributed by atoms with van der Waals surface area (Å²) in [4.78, 5) is 14.3. The Balaban J connectivity index is 2.60. The van der Waals surface area contributed by atoms with Crippen LogP contribution in [0.3, 0.4) is 0 Å². The largest absolute Gasteiger partial charge is 0.351 e. The van der Waals surface area contributed by atoms with Gasteiger partial charge in [-0.3, -0.25) is 4.79 Å². The number of amides is 1. The maximum Gasteiger partial charge on any atom is 0.240 e. The summed E-state index contributed by atoms with van der Waals surface area (Å²) in [5.74, 6) is -0.0969. The van der Waals surface area contributed by atoms with Gasteiger partial charge in [-0.1, -0.05) is 13.8 Å². The second-order valence-corrected chi connectivity index (χ2v) is 4.62. The van der Waals surface area contributed by atoms with E-state index in [1.807, 2.05) is 20.9 Å². The molecule has 0 radical (unpaired) electrons. The van der Waals surface area contributed by atoms with Crippen molar-refractivity contribution < 1.29 is 4.79 Å². The number of likely N-dealkylation sites (N-methyl/N-ethyl adjacent to an activating group) is 1. The first kappa shape index (κ1) is 13.0. The Bertz CT molecular complexity index is 291. The minimum Gasteiger partial charge on any atom is -0.351 e. The van der Waals surface area contributed by atoms with Gasteiger partial charge in [0.05, 0.1) is 6.07 Å². The van der Waals surface area contributed by atoms with Gasteiger partial charge >= 0.3 is 0 Å². The first-order valence-electron chi connectivity index (χ1n) is 5.98. The molecular formula is C12H21N3O. The highest BCUT2D eigenvalue weighted by atomic mass is 16.2. The molecular weight excluding hydrogens is 202 g/mol. The van der Waals surface area contributed by atoms with E-state index in [2.05, 4.69) is 16.3 Å². The van der Waals surface area contributed by atoms with Gasteiger partial charge < -0.3 is 10.2 Å². The molecule has 0 aromatic heterocycles. The Morgan fingerprint density at radius 3 is 2.56 bits per heavy atom. The molecule has 0 spiro atoms. The van der Waals surface area contributed by atoms with E-state index in [0.717, 1.165) is 19.5 Å². The van der Waals surface area contributed by atoms with Gasteiger partial charge in [0.1, 0.15) is 5.41 Å². The number of hydrogen-bond donors (Lipinski definition) is 1. The molecule has 0 aliphatic carbocycles. The highest BCUT2D eigenvalue weighted by molar-refractivity contribution is 5.85. The third-order valence-electron chi connectivity index (χ3n) is 3.58. The van der Waals surface area contributed by atoms with Crippen molar-refractivity contribution in [2.75, 3.05) is 20.1 Å². The monoisotopic (exact) mass is 223 g/mol. The Hall–Kier alpha value is -1.08. The zero-order chi connectivity index (χ0) is 12.2. The van der Waals surface area contributed by atoms with E-state index in [4.69, 9.17) is 5.26 Å². The van der Waals surface area contributed by atoms with Crippen molar-refractivity contribution in [3.8, 4) is 6.07 Å². The average molecular weight is 223 g/mol. The fourth-order valence-corrected chi connectivity index (χ4v) is 2.16. The average Bonchev–Trinajstić information content (AvgIpc) is 2.67. The summed E-state index contributed by atoms with van der Waals surface area (Å²) in [5.41, 5.74) is -0.832. The molecule has 1 saturated heterocycles. The maximum absolute atomic E-state index is 12.1. The number of likely N-dealkylation sites (tertiary alicyclic amines) is 1. The van der Waals surface area contributed by atoms with Crippen molar-refractivity contribution in [3.63, 3.8) is 0 Å². The smallest absolute Gasteiger partial charge is 0.240 e. The first-order valence-corrected chi connectivity index (χ1v) is 5.98. The molecule has 1 rings (SSSR count). The standard InChI is InChI=1S/C12H21N3O/c1-4-12(5-2,9-13)11(16)14-10-6-7-15(3)8-10/h10H,4-8H2,1-3H3,(H,14,16). The zero-order valence-electron chi connectivity index (χ0n) is 10.4. The summed E-state index contributed by atoms with van der Waals surface area (Å²) in [7, 11) is 2.04. The molecule has 4 heteroatoms. The lowest BCUT2D eigenvalue weighted by Crippen LogP contribution is -2.45. The molecule has 4 nitrogen and oxygen atoms in total. The molecule has 1 N–H and O–H groups in total. The quantitative estimate of drug-likeness (QED) is 0.777. The third-order valence-corrected chi connectivity index (χ3v) is 3.58. The normalized spacial score (nSPS) is 21.8. The van der Waals surface area contributed by atoms with Crippen molar-refractivity contribution in [2.45, 2.75) is 39.2 Å². The van der Waals surface area contributed by atoms with E-state index in [0.29, 0.717) is 12.8 Å². The van der Waals surface area contributed by atoms with Crippen LogP contribution in [0.4, 0.5) is 0 Å². The van der Waals surface area contributed by atoms with Crippen LogP contribution in [-0.4, -0.2) is 37.0 Å².